The maximum atomic E-state index is 11.1. The van der Waals surface area contributed by atoms with Gasteiger partial charge in [-0.3, -0.25) is 0 Å². The third kappa shape index (κ3) is 2.15. The second kappa shape index (κ2) is 4.80. The maximum absolute atomic E-state index is 11.1. The van der Waals surface area contributed by atoms with Gasteiger partial charge in [-0.15, -0.1) is 0 Å². The Kier molecular flexibility index (Phi) is 3.27. The summed E-state index contributed by atoms with van der Waals surface area (Å²) in [5.74, 6) is 0.844. The van der Waals surface area contributed by atoms with Crippen LogP contribution in [0.5, 0.6) is 5.75 Å². The van der Waals surface area contributed by atoms with Gasteiger partial charge in [0.05, 0.1) is 12.2 Å². The summed E-state index contributed by atoms with van der Waals surface area (Å²) in [6, 6.07) is 8.99. The van der Waals surface area contributed by atoms with Crippen LogP contribution in [0.2, 0.25) is 0 Å². The molecule has 1 N–H and O–H groups in total. The predicted molar refractivity (Wildman–Crippen MR) is 75.3 cm³/mol. The smallest absolute Gasteiger partial charge is 0.125 e. The van der Waals surface area contributed by atoms with Crippen molar-refractivity contribution in [2.24, 2.45) is 0 Å². The molecule has 2 aliphatic heterocycles. The Balaban J connectivity index is 1.93. The van der Waals surface area contributed by atoms with Crippen molar-refractivity contribution in [1.82, 2.24) is 4.90 Å². The fourth-order valence-electron chi connectivity index (χ4n) is 3.80. The number of hydrogen-bond acceptors (Lipinski definition) is 3. The zero-order valence-electron chi connectivity index (χ0n) is 11.8. The zero-order valence-corrected chi connectivity index (χ0v) is 11.8. The number of rotatable bonds is 3. The lowest BCUT2D eigenvalue weighted by Gasteiger charge is -2.42. The minimum atomic E-state index is -0.718. The van der Waals surface area contributed by atoms with E-state index < -0.39 is 5.60 Å². The van der Waals surface area contributed by atoms with Crippen LogP contribution in [0, 0.1) is 0 Å². The summed E-state index contributed by atoms with van der Waals surface area (Å²) < 4.78 is 5.70. The molecule has 1 aromatic rings. The molecule has 0 aromatic heterocycles. The van der Waals surface area contributed by atoms with Crippen LogP contribution in [0.4, 0.5) is 0 Å². The van der Waals surface area contributed by atoms with E-state index in [1.807, 2.05) is 31.2 Å². The molecule has 1 aromatic carbocycles. The summed E-state index contributed by atoms with van der Waals surface area (Å²) >= 11 is 0. The van der Waals surface area contributed by atoms with Gasteiger partial charge >= 0.3 is 0 Å². The van der Waals surface area contributed by atoms with Gasteiger partial charge in [0.2, 0.25) is 0 Å². The minimum Gasteiger partial charge on any atom is -0.493 e. The number of hydrogen-bond donors (Lipinski definition) is 1. The summed E-state index contributed by atoms with van der Waals surface area (Å²) in [4.78, 5) is 2.44. The zero-order chi connectivity index (χ0) is 13.5. The SMILES string of the molecule is CCOc1ccccc1C1(O)CC2CCC(C1)N2C. The first kappa shape index (κ1) is 12.9. The molecule has 104 valence electrons. The molecule has 3 heteroatoms. The molecule has 0 spiro atoms. The minimum absolute atomic E-state index is 0.512. The van der Waals surface area contributed by atoms with Crippen LogP contribution >= 0.6 is 0 Å². The molecule has 3 rings (SSSR count). The van der Waals surface area contributed by atoms with Crippen molar-refractivity contribution in [3.8, 4) is 5.75 Å². The number of aliphatic hydroxyl groups is 1. The molecule has 2 aliphatic rings. The van der Waals surface area contributed by atoms with Crippen LogP contribution in [0.15, 0.2) is 24.3 Å². The average molecular weight is 261 g/mol. The molecule has 2 saturated heterocycles. The van der Waals surface area contributed by atoms with Gasteiger partial charge in [-0.05, 0) is 45.7 Å². The molecular formula is C16H23NO2. The summed E-state index contributed by atoms with van der Waals surface area (Å²) in [5, 5.41) is 11.1. The van der Waals surface area contributed by atoms with Crippen LogP contribution in [0.3, 0.4) is 0 Å². The monoisotopic (exact) mass is 261 g/mol. The molecule has 0 saturated carbocycles. The molecule has 2 fully saturated rings. The maximum Gasteiger partial charge on any atom is 0.125 e. The van der Waals surface area contributed by atoms with Crippen molar-refractivity contribution in [2.75, 3.05) is 13.7 Å². The van der Waals surface area contributed by atoms with Gasteiger partial charge in [0.15, 0.2) is 0 Å². The summed E-state index contributed by atoms with van der Waals surface area (Å²) in [6.45, 7) is 2.62. The molecule has 0 radical (unpaired) electrons. The largest absolute Gasteiger partial charge is 0.493 e. The second-order valence-electron chi connectivity index (χ2n) is 5.92. The van der Waals surface area contributed by atoms with Crippen LogP contribution in [-0.4, -0.2) is 35.7 Å². The van der Waals surface area contributed by atoms with Gasteiger partial charge < -0.3 is 14.7 Å². The Morgan fingerprint density at radius 2 is 1.89 bits per heavy atom. The lowest BCUT2D eigenvalue weighted by Crippen LogP contribution is -2.47. The normalized spacial score (nSPS) is 34.5. The van der Waals surface area contributed by atoms with Gasteiger partial charge in [0.25, 0.3) is 0 Å². The van der Waals surface area contributed by atoms with Crippen molar-refractivity contribution >= 4 is 0 Å². The highest BCUT2D eigenvalue weighted by atomic mass is 16.5. The Hall–Kier alpha value is -1.06. The van der Waals surface area contributed by atoms with Crippen LogP contribution in [0.25, 0.3) is 0 Å². The van der Waals surface area contributed by atoms with E-state index >= 15 is 0 Å². The van der Waals surface area contributed by atoms with Gasteiger partial charge in [-0.2, -0.15) is 0 Å². The first-order chi connectivity index (χ1) is 9.14. The average Bonchev–Trinajstić information content (AvgIpc) is 2.63. The molecule has 2 bridgehead atoms. The quantitative estimate of drug-likeness (QED) is 0.907. The van der Waals surface area contributed by atoms with E-state index in [2.05, 4.69) is 11.9 Å². The first-order valence-electron chi connectivity index (χ1n) is 7.30. The molecule has 3 nitrogen and oxygen atoms in total. The molecular weight excluding hydrogens is 238 g/mol. The van der Waals surface area contributed by atoms with Crippen molar-refractivity contribution in [2.45, 2.75) is 50.3 Å². The van der Waals surface area contributed by atoms with E-state index in [0.29, 0.717) is 18.7 Å². The van der Waals surface area contributed by atoms with Crippen molar-refractivity contribution < 1.29 is 9.84 Å². The third-order valence-corrected chi connectivity index (χ3v) is 4.82. The van der Waals surface area contributed by atoms with E-state index in [9.17, 15) is 5.11 Å². The Morgan fingerprint density at radius 1 is 1.26 bits per heavy atom. The molecule has 19 heavy (non-hydrogen) atoms. The van der Waals surface area contributed by atoms with Gasteiger partial charge in [-0.1, -0.05) is 18.2 Å². The van der Waals surface area contributed by atoms with Gasteiger partial charge in [-0.25, -0.2) is 0 Å². The topological polar surface area (TPSA) is 32.7 Å². The highest BCUT2D eigenvalue weighted by Crippen LogP contribution is 2.47. The number of nitrogens with zero attached hydrogens (tertiary/aromatic N) is 1. The Morgan fingerprint density at radius 3 is 2.53 bits per heavy atom. The molecule has 2 unspecified atom stereocenters. The lowest BCUT2D eigenvalue weighted by molar-refractivity contribution is -0.0508. The second-order valence-corrected chi connectivity index (χ2v) is 5.92. The van der Waals surface area contributed by atoms with Crippen molar-refractivity contribution in [3.05, 3.63) is 29.8 Å². The molecule has 0 aliphatic carbocycles. The first-order valence-corrected chi connectivity index (χ1v) is 7.30. The highest BCUT2D eigenvalue weighted by molar-refractivity contribution is 5.39. The van der Waals surface area contributed by atoms with Gasteiger partial charge in [0.1, 0.15) is 5.75 Å². The number of para-hydroxylation sites is 1. The van der Waals surface area contributed by atoms with E-state index in [-0.39, 0.29) is 0 Å². The van der Waals surface area contributed by atoms with E-state index in [0.717, 1.165) is 24.2 Å². The summed E-state index contributed by atoms with van der Waals surface area (Å²) in [6.07, 6.45) is 4.06. The van der Waals surface area contributed by atoms with Crippen molar-refractivity contribution in [1.29, 1.82) is 0 Å². The summed E-state index contributed by atoms with van der Waals surface area (Å²) in [7, 11) is 2.19. The number of ether oxygens (including phenoxy) is 1. The van der Waals surface area contributed by atoms with E-state index in [1.54, 1.807) is 0 Å². The number of piperidine rings is 1. The van der Waals surface area contributed by atoms with Crippen LogP contribution in [-0.2, 0) is 5.60 Å². The standard InChI is InChI=1S/C16H23NO2/c1-3-19-15-7-5-4-6-14(15)16(18)10-12-8-9-13(11-16)17(12)2/h4-7,12-13,18H,3,8-11H2,1-2H3. The highest BCUT2D eigenvalue weighted by Gasteiger charge is 2.47. The van der Waals surface area contributed by atoms with E-state index in [1.165, 1.54) is 12.8 Å². The predicted octanol–water partition coefficient (Wildman–Crippen LogP) is 2.53. The van der Waals surface area contributed by atoms with Crippen LogP contribution in [0.1, 0.15) is 38.2 Å². The van der Waals surface area contributed by atoms with E-state index in [4.69, 9.17) is 4.74 Å². The summed E-state index contributed by atoms with van der Waals surface area (Å²) in [5.41, 5.74) is 0.256. The fraction of sp³-hybridized carbons (Fsp3) is 0.625. The van der Waals surface area contributed by atoms with Crippen molar-refractivity contribution in [3.63, 3.8) is 0 Å². The third-order valence-electron chi connectivity index (χ3n) is 4.82. The molecule has 0 amide bonds. The van der Waals surface area contributed by atoms with Crippen LogP contribution < -0.4 is 4.74 Å². The Bertz CT molecular complexity index is 446. The number of fused-ring (bicyclic) bond motifs is 2. The fourth-order valence-corrected chi connectivity index (χ4v) is 3.80. The number of benzene rings is 1. The molecule has 2 heterocycles. The lowest BCUT2D eigenvalue weighted by atomic mass is 9.80. The Labute approximate surface area is 115 Å². The van der Waals surface area contributed by atoms with Gasteiger partial charge in [0, 0.05) is 17.6 Å². The molecule has 2 atom stereocenters.